The molecule has 0 aromatic heterocycles. The summed E-state index contributed by atoms with van der Waals surface area (Å²) in [6, 6.07) is 0.438. The Labute approximate surface area is 79.1 Å². The second kappa shape index (κ2) is 2.98. The summed E-state index contributed by atoms with van der Waals surface area (Å²) >= 11 is 0. The summed E-state index contributed by atoms with van der Waals surface area (Å²) in [5, 5.41) is 3.03. The smallest absolute Gasteiger partial charge is 0.240 e. The summed E-state index contributed by atoms with van der Waals surface area (Å²) in [5.41, 5.74) is 5.29. The van der Waals surface area contributed by atoms with Gasteiger partial charge in [0.05, 0.1) is 5.54 Å². The molecule has 0 aromatic carbocycles. The SMILES string of the molecule is CCCC1CC1NC(=O)C1(N)CC1. The Morgan fingerprint density at radius 2 is 2.31 bits per heavy atom. The number of hydrogen-bond acceptors (Lipinski definition) is 2. The van der Waals surface area contributed by atoms with Crippen LogP contribution in [0.3, 0.4) is 0 Å². The lowest BCUT2D eigenvalue weighted by Crippen LogP contribution is -2.44. The van der Waals surface area contributed by atoms with Gasteiger partial charge in [-0.05, 0) is 31.6 Å². The van der Waals surface area contributed by atoms with Crippen molar-refractivity contribution >= 4 is 5.91 Å². The molecule has 3 N–H and O–H groups in total. The second-order valence-corrected chi connectivity index (χ2v) is 4.52. The molecule has 13 heavy (non-hydrogen) atoms. The largest absolute Gasteiger partial charge is 0.351 e. The van der Waals surface area contributed by atoms with Gasteiger partial charge in [-0.3, -0.25) is 4.79 Å². The molecule has 3 heteroatoms. The maximum atomic E-state index is 11.5. The summed E-state index contributed by atoms with van der Waals surface area (Å²) in [6.07, 6.45) is 5.34. The Hall–Kier alpha value is -0.570. The summed E-state index contributed by atoms with van der Waals surface area (Å²) in [4.78, 5) is 11.5. The number of nitrogens with two attached hydrogens (primary N) is 1. The minimum atomic E-state index is -0.487. The zero-order valence-electron chi connectivity index (χ0n) is 8.18. The van der Waals surface area contributed by atoms with Gasteiger partial charge < -0.3 is 11.1 Å². The van der Waals surface area contributed by atoms with E-state index in [9.17, 15) is 4.79 Å². The van der Waals surface area contributed by atoms with E-state index < -0.39 is 5.54 Å². The highest BCUT2D eigenvalue weighted by Gasteiger charge is 2.48. The van der Waals surface area contributed by atoms with Gasteiger partial charge in [0.2, 0.25) is 5.91 Å². The van der Waals surface area contributed by atoms with Crippen LogP contribution in [0.25, 0.3) is 0 Å². The van der Waals surface area contributed by atoms with Crippen molar-refractivity contribution in [2.24, 2.45) is 11.7 Å². The fourth-order valence-electron chi connectivity index (χ4n) is 1.79. The van der Waals surface area contributed by atoms with Crippen LogP contribution >= 0.6 is 0 Å². The monoisotopic (exact) mass is 182 g/mol. The van der Waals surface area contributed by atoms with Crippen LogP contribution in [0.2, 0.25) is 0 Å². The van der Waals surface area contributed by atoms with E-state index in [-0.39, 0.29) is 5.91 Å². The van der Waals surface area contributed by atoms with Crippen molar-refractivity contribution in [3.63, 3.8) is 0 Å². The molecule has 0 saturated heterocycles. The molecule has 2 rings (SSSR count). The number of nitrogens with one attached hydrogen (secondary N) is 1. The highest BCUT2D eigenvalue weighted by atomic mass is 16.2. The van der Waals surface area contributed by atoms with Crippen molar-refractivity contribution < 1.29 is 4.79 Å². The molecule has 3 nitrogen and oxygen atoms in total. The molecule has 74 valence electrons. The third-order valence-electron chi connectivity index (χ3n) is 3.14. The maximum absolute atomic E-state index is 11.5. The van der Waals surface area contributed by atoms with Crippen molar-refractivity contribution in [3.05, 3.63) is 0 Å². The third kappa shape index (κ3) is 1.85. The van der Waals surface area contributed by atoms with E-state index in [0.717, 1.165) is 25.2 Å². The molecule has 0 aliphatic heterocycles. The highest BCUT2D eigenvalue weighted by Crippen LogP contribution is 2.37. The predicted octanol–water partition coefficient (Wildman–Crippen LogP) is 0.782. The second-order valence-electron chi connectivity index (χ2n) is 4.52. The molecule has 2 aliphatic rings. The van der Waals surface area contributed by atoms with Gasteiger partial charge >= 0.3 is 0 Å². The molecule has 2 aliphatic carbocycles. The van der Waals surface area contributed by atoms with E-state index in [2.05, 4.69) is 12.2 Å². The molecule has 1 amide bonds. The molecule has 0 radical (unpaired) electrons. The van der Waals surface area contributed by atoms with Crippen LogP contribution < -0.4 is 11.1 Å². The van der Waals surface area contributed by atoms with Crippen LogP contribution in [0.1, 0.15) is 39.0 Å². The van der Waals surface area contributed by atoms with E-state index in [0.29, 0.717) is 6.04 Å². The summed E-state index contributed by atoms with van der Waals surface area (Å²) in [6.45, 7) is 2.18. The maximum Gasteiger partial charge on any atom is 0.240 e. The van der Waals surface area contributed by atoms with Gasteiger partial charge in [0.15, 0.2) is 0 Å². The van der Waals surface area contributed by atoms with E-state index in [1.165, 1.54) is 12.8 Å². The molecular weight excluding hydrogens is 164 g/mol. The van der Waals surface area contributed by atoms with E-state index in [1.54, 1.807) is 0 Å². The first-order chi connectivity index (χ1) is 6.15. The first kappa shape index (κ1) is 9.00. The van der Waals surface area contributed by atoms with Crippen LogP contribution in [0.5, 0.6) is 0 Å². The summed E-state index contributed by atoms with van der Waals surface area (Å²) in [7, 11) is 0. The van der Waals surface area contributed by atoms with Crippen molar-refractivity contribution in [2.45, 2.75) is 50.6 Å². The topological polar surface area (TPSA) is 55.1 Å². The zero-order valence-corrected chi connectivity index (χ0v) is 8.18. The zero-order chi connectivity index (χ0) is 9.47. The Morgan fingerprint density at radius 1 is 1.62 bits per heavy atom. The number of amides is 1. The van der Waals surface area contributed by atoms with Crippen molar-refractivity contribution in [1.82, 2.24) is 5.32 Å². The van der Waals surface area contributed by atoms with Gasteiger partial charge in [-0.2, -0.15) is 0 Å². The van der Waals surface area contributed by atoms with Crippen molar-refractivity contribution in [2.75, 3.05) is 0 Å². The van der Waals surface area contributed by atoms with Gasteiger partial charge in [0, 0.05) is 6.04 Å². The molecule has 2 atom stereocenters. The van der Waals surface area contributed by atoms with Gasteiger partial charge in [-0.15, -0.1) is 0 Å². The Morgan fingerprint density at radius 3 is 2.85 bits per heavy atom. The summed E-state index contributed by atoms with van der Waals surface area (Å²) in [5.74, 6) is 0.812. The minimum Gasteiger partial charge on any atom is -0.351 e. The first-order valence-electron chi connectivity index (χ1n) is 5.25. The highest BCUT2D eigenvalue weighted by molar-refractivity contribution is 5.89. The molecule has 2 saturated carbocycles. The van der Waals surface area contributed by atoms with Crippen molar-refractivity contribution in [1.29, 1.82) is 0 Å². The van der Waals surface area contributed by atoms with Gasteiger partial charge in [0.1, 0.15) is 0 Å². The standard InChI is InChI=1S/C10H18N2O/c1-2-3-7-6-8(7)12-9(13)10(11)4-5-10/h7-8H,2-6,11H2,1H3,(H,12,13). The Bertz CT molecular complexity index is 223. The summed E-state index contributed by atoms with van der Waals surface area (Å²) < 4.78 is 0. The number of carbonyl (C=O) groups excluding carboxylic acids is 1. The van der Waals surface area contributed by atoms with E-state index >= 15 is 0 Å². The molecular formula is C10H18N2O. The van der Waals surface area contributed by atoms with Gasteiger partial charge in [-0.25, -0.2) is 0 Å². The lowest BCUT2D eigenvalue weighted by atomic mass is 10.2. The molecule has 2 fully saturated rings. The van der Waals surface area contributed by atoms with Crippen LogP contribution in [0.4, 0.5) is 0 Å². The lowest BCUT2D eigenvalue weighted by Gasteiger charge is -2.09. The van der Waals surface area contributed by atoms with Crippen LogP contribution in [-0.4, -0.2) is 17.5 Å². The molecule has 0 aromatic rings. The van der Waals surface area contributed by atoms with Crippen LogP contribution in [-0.2, 0) is 4.79 Å². The number of rotatable bonds is 4. The average molecular weight is 182 g/mol. The fourth-order valence-corrected chi connectivity index (χ4v) is 1.79. The average Bonchev–Trinajstić information content (AvgIpc) is 2.94. The Balaban J connectivity index is 1.72. The number of hydrogen-bond donors (Lipinski definition) is 2. The number of carbonyl (C=O) groups is 1. The Kier molecular flexibility index (Phi) is 2.06. The van der Waals surface area contributed by atoms with E-state index in [1.807, 2.05) is 0 Å². The fraction of sp³-hybridized carbons (Fsp3) is 0.900. The van der Waals surface area contributed by atoms with Crippen LogP contribution in [0, 0.1) is 5.92 Å². The van der Waals surface area contributed by atoms with Crippen molar-refractivity contribution in [3.8, 4) is 0 Å². The normalized spacial score (nSPS) is 34.0. The molecule has 0 bridgehead atoms. The predicted molar refractivity (Wildman–Crippen MR) is 51.1 cm³/mol. The quantitative estimate of drug-likeness (QED) is 0.675. The van der Waals surface area contributed by atoms with E-state index in [4.69, 9.17) is 5.73 Å². The molecule has 2 unspecified atom stereocenters. The molecule has 0 heterocycles. The molecule has 0 spiro atoms. The van der Waals surface area contributed by atoms with Gasteiger partial charge in [-0.1, -0.05) is 13.3 Å². The minimum absolute atomic E-state index is 0.0797. The third-order valence-corrected chi connectivity index (χ3v) is 3.14. The van der Waals surface area contributed by atoms with Crippen LogP contribution in [0.15, 0.2) is 0 Å². The van der Waals surface area contributed by atoms with Gasteiger partial charge in [0.25, 0.3) is 0 Å². The first-order valence-corrected chi connectivity index (χ1v) is 5.25. The lowest BCUT2D eigenvalue weighted by molar-refractivity contribution is -0.123.